The SMILES string of the molecule is CC1=[N+]([O-])[C@](Cc2c[nH]c3ccccc23)([C@H](CC(=O)[C@H](C)O)C(=O)O[C@@H](C)CC[C@@H]2C=CC(=O)O2)NC1=O. The molecule has 0 saturated heterocycles. The number of aliphatic hydroxyl groups is 1. The summed E-state index contributed by atoms with van der Waals surface area (Å²) in [6, 6.07) is 7.37. The number of ketones is 1. The van der Waals surface area contributed by atoms with Gasteiger partial charge in [-0.2, -0.15) is 4.74 Å². The summed E-state index contributed by atoms with van der Waals surface area (Å²) in [7, 11) is 0. The van der Waals surface area contributed by atoms with Crippen molar-refractivity contribution in [2.24, 2.45) is 5.92 Å². The summed E-state index contributed by atoms with van der Waals surface area (Å²) in [5.74, 6) is -4.06. The molecule has 2 aliphatic rings. The second-order valence-corrected chi connectivity index (χ2v) is 9.85. The molecule has 0 aliphatic carbocycles. The smallest absolute Gasteiger partial charge is 0.331 e. The third kappa shape index (κ3) is 5.33. The maximum Gasteiger partial charge on any atom is 0.331 e. The Bertz CT molecular complexity index is 1330. The molecule has 11 nitrogen and oxygen atoms in total. The Morgan fingerprint density at radius 2 is 2.00 bits per heavy atom. The lowest BCUT2D eigenvalue weighted by Crippen LogP contribution is -2.60. The van der Waals surface area contributed by atoms with Crippen LogP contribution < -0.4 is 5.32 Å². The Labute approximate surface area is 219 Å². The first kappa shape index (κ1) is 27.1. The number of carbonyl (C=O) groups excluding carboxylic acids is 4. The van der Waals surface area contributed by atoms with Crippen LogP contribution in [-0.4, -0.2) is 68.1 Å². The number of nitrogens with one attached hydrogen (secondary N) is 2. The molecule has 1 aromatic carbocycles. The number of amides is 1. The summed E-state index contributed by atoms with van der Waals surface area (Å²) in [5, 5.41) is 26.9. The van der Waals surface area contributed by atoms with Gasteiger partial charge in [0.15, 0.2) is 5.78 Å². The van der Waals surface area contributed by atoms with Crippen molar-refractivity contribution in [3.8, 4) is 0 Å². The topological polar surface area (TPSA) is 161 Å². The molecule has 0 saturated carbocycles. The largest absolute Gasteiger partial charge is 0.622 e. The minimum Gasteiger partial charge on any atom is -0.622 e. The first-order chi connectivity index (χ1) is 18.0. The summed E-state index contributed by atoms with van der Waals surface area (Å²) in [6.07, 6.45) is 2.31. The molecular weight excluding hydrogens is 494 g/mol. The molecule has 3 N–H and O–H groups in total. The van der Waals surface area contributed by atoms with Crippen LogP contribution in [0.1, 0.15) is 45.6 Å². The quantitative estimate of drug-likeness (QED) is 0.227. The van der Waals surface area contributed by atoms with Crippen molar-refractivity contribution in [2.45, 2.75) is 70.4 Å². The lowest BCUT2D eigenvalue weighted by Gasteiger charge is -2.34. The van der Waals surface area contributed by atoms with Crippen LogP contribution >= 0.6 is 0 Å². The van der Waals surface area contributed by atoms with Gasteiger partial charge in [0.25, 0.3) is 11.4 Å². The average molecular weight is 526 g/mol. The minimum absolute atomic E-state index is 0.104. The fourth-order valence-corrected chi connectivity index (χ4v) is 4.89. The molecule has 4 rings (SSSR count). The van der Waals surface area contributed by atoms with Gasteiger partial charge < -0.3 is 24.8 Å². The number of rotatable bonds is 11. The highest BCUT2D eigenvalue weighted by Gasteiger charge is 2.59. The number of hydroxylamine groups is 1. The Morgan fingerprint density at radius 3 is 2.63 bits per heavy atom. The summed E-state index contributed by atoms with van der Waals surface area (Å²) < 4.78 is 11.2. The average Bonchev–Trinajstić information content (AvgIpc) is 3.54. The number of aromatic amines is 1. The lowest BCUT2D eigenvalue weighted by molar-refractivity contribution is -0.556. The lowest BCUT2D eigenvalue weighted by atomic mass is 9.82. The molecular formula is C27H31N3O8. The number of ether oxygens (including phenoxy) is 2. The molecule has 0 bridgehead atoms. The number of carbonyl (C=O) groups is 4. The fourth-order valence-electron chi connectivity index (χ4n) is 4.89. The van der Waals surface area contributed by atoms with Crippen molar-refractivity contribution >= 4 is 40.2 Å². The second kappa shape index (κ2) is 10.8. The predicted octanol–water partition coefficient (Wildman–Crippen LogP) is 1.66. The van der Waals surface area contributed by atoms with Crippen LogP contribution in [0.2, 0.25) is 0 Å². The van der Waals surface area contributed by atoms with Crippen molar-refractivity contribution in [1.82, 2.24) is 10.3 Å². The number of para-hydroxylation sites is 1. The number of cyclic esters (lactones) is 1. The van der Waals surface area contributed by atoms with Gasteiger partial charge in [0, 0.05) is 36.5 Å². The van der Waals surface area contributed by atoms with E-state index in [0.717, 1.165) is 10.9 Å². The normalized spacial score (nSPS) is 23.3. The molecule has 38 heavy (non-hydrogen) atoms. The van der Waals surface area contributed by atoms with Gasteiger partial charge >= 0.3 is 17.8 Å². The number of fused-ring (bicyclic) bond motifs is 1. The first-order valence-corrected chi connectivity index (χ1v) is 12.5. The molecule has 1 aromatic heterocycles. The Morgan fingerprint density at radius 1 is 1.26 bits per heavy atom. The van der Waals surface area contributed by atoms with Crippen LogP contribution in [0, 0.1) is 11.1 Å². The summed E-state index contributed by atoms with van der Waals surface area (Å²) in [5.41, 5.74) is -0.566. The van der Waals surface area contributed by atoms with Crippen LogP contribution in [0.4, 0.5) is 0 Å². The predicted molar refractivity (Wildman–Crippen MR) is 136 cm³/mol. The highest BCUT2D eigenvalue weighted by atomic mass is 16.6. The molecule has 0 unspecified atom stereocenters. The van der Waals surface area contributed by atoms with Gasteiger partial charge in [-0.1, -0.05) is 18.2 Å². The van der Waals surface area contributed by atoms with Gasteiger partial charge in [0.2, 0.25) is 0 Å². The van der Waals surface area contributed by atoms with Gasteiger partial charge in [-0.05, 0) is 44.4 Å². The van der Waals surface area contributed by atoms with E-state index in [4.69, 9.17) is 9.47 Å². The molecule has 11 heteroatoms. The number of Topliss-reactive ketones (excluding diaryl/α,β-unsaturated/α-hetero) is 1. The van der Waals surface area contributed by atoms with Crippen LogP contribution in [0.5, 0.6) is 0 Å². The number of benzene rings is 1. The number of esters is 2. The number of nitrogens with zero attached hydrogens (tertiary/aromatic N) is 1. The van der Waals surface area contributed by atoms with E-state index in [1.807, 2.05) is 24.3 Å². The zero-order valence-electron chi connectivity index (χ0n) is 21.4. The maximum atomic E-state index is 13.6. The second-order valence-electron chi connectivity index (χ2n) is 9.85. The van der Waals surface area contributed by atoms with E-state index in [-0.39, 0.29) is 12.1 Å². The highest BCUT2D eigenvalue weighted by molar-refractivity contribution is 6.37. The van der Waals surface area contributed by atoms with Crippen LogP contribution in [-0.2, 0) is 35.1 Å². The molecule has 0 fully saturated rings. The fraction of sp³-hybridized carbons (Fsp3) is 0.444. The summed E-state index contributed by atoms with van der Waals surface area (Å²) in [6.45, 7) is 4.27. The Balaban J connectivity index is 1.65. The third-order valence-corrected chi connectivity index (χ3v) is 7.08. The van der Waals surface area contributed by atoms with Crippen molar-refractivity contribution < 1.29 is 38.5 Å². The molecule has 3 heterocycles. The molecule has 2 aliphatic heterocycles. The summed E-state index contributed by atoms with van der Waals surface area (Å²) in [4.78, 5) is 53.4. The standard InChI is InChI=1S/C27H31N3O8/c1-15(8-9-19-10-11-24(33)38-19)37-26(35)21(12-23(32)17(3)31)27(29-25(34)16(2)30(27)36)13-18-14-28-22-7-5-4-6-20(18)22/h4-7,10-11,14-15,17,19,21,28,31H,8-9,12-13H2,1-3H3,(H,29,34)/t15-,17-,19+,21+,27+/m0/s1. The van der Waals surface area contributed by atoms with Gasteiger partial charge in [0.1, 0.15) is 18.1 Å². The zero-order valence-corrected chi connectivity index (χ0v) is 21.4. The first-order valence-electron chi connectivity index (χ1n) is 12.5. The number of hydrogen-bond acceptors (Lipinski definition) is 8. The minimum atomic E-state index is -1.86. The number of aliphatic hydroxyl groups excluding tert-OH is 1. The van der Waals surface area contributed by atoms with Crippen molar-refractivity contribution in [1.29, 1.82) is 0 Å². The maximum absolute atomic E-state index is 13.6. The van der Waals surface area contributed by atoms with E-state index in [1.165, 1.54) is 19.9 Å². The zero-order chi connectivity index (χ0) is 27.6. The molecule has 5 atom stereocenters. The van der Waals surface area contributed by atoms with E-state index in [2.05, 4.69) is 10.3 Å². The van der Waals surface area contributed by atoms with Crippen LogP contribution in [0.3, 0.4) is 0 Å². The van der Waals surface area contributed by atoms with Gasteiger partial charge in [0.05, 0.1) is 12.5 Å². The van der Waals surface area contributed by atoms with E-state index in [0.29, 0.717) is 23.1 Å². The van der Waals surface area contributed by atoms with Gasteiger partial charge in [-0.15, -0.1) is 0 Å². The number of aromatic nitrogens is 1. The summed E-state index contributed by atoms with van der Waals surface area (Å²) >= 11 is 0. The molecule has 202 valence electrons. The molecule has 0 radical (unpaired) electrons. The Hall–Kier alpha value is -3.99. The Kier molecular flexibility index (Phi) is 7.68. The molecule has 2 aromatic rings. The molecule has 0 spiro atoms. The highest BCUT2D eigenvalue weighted by Crippen LogP contribution is 2.34. The van der Waals surface area contributed by atoms with E-state index < -0.39 is 59.9 Å². The monoisotopic (exact) mass is 525 g/mol. The number of hydrogen-bond donors (Lipinski definition) is 3. The van der Waals surface area contributed by atoms with Gasteiger partial charge in [-0.25, -0.2) is 4.79 Å². The van der Waals surface area contributed by atoms with E-state index in [1.54, 1.807) is 19.2 Å². The van der Waals surface area contributed by atoms with Crippen molar-refractivity contribution in [3.63, 3.8) is 0 Å². The van der Waals surface area contributed by atoms with E-state index >= 15 is 0 Å². The van der Waals surface area contributed by atoms with E-state index in [9.17, 15) is 29.5 Å². The number of H-pyrrole nitrogens is 1. The third-order valence-electron chi connectivity index (χ3n) is 7.08. The van der Waals surface area contributed by atoms with Gasteiger partial charge in [-0.3, -0.25) is 19.7 Å². The van der Waals surface area contributed by atoms with Crippen molar-refractivity contribution in [3.05, 3.63) is 53.4 Å². The van der Waals surface area contributed by atoms with Crippen LogP contribution in [0.15, 0.2) is 42.6 Å². The van der Waals surface area contributed by atoms with Crippen molar-refractivity contribution in [2.75, 3.05) is 0 Å². The molecule has 1 amide bonds. The van der Waals surface area contributed by atoms with Crippen LogP contribution in [0.25, 0.3) is 10.9 Å².